The van der Waals surface area contributed by atoms with Crippen LogP contribution in [0.4, 0.5) is 0 Å². The van der Waals surface area contributed by atoms with E-state index in [1.54, 1.807) is 0 Å². The molecule has 3 aliphatic rings. The molecule has 2 heterocycles. The van der Waals surface area contributed by atoms with E-state index in [4.69, 9.17) is 0 Å². The number of hydrogen-bond acceptors (Lipinski definition) is 3. The molecule has 3 unspecified atom stereocenters. The van der Waals surface area contributed by atoms with Gasteiger partial charge in [-0.2, -0.15) is 0 Å². The van der Waals surface area contributed by atoms with Gasteiger partial charge in [0.05, 0.1) is 0 Å². The Morgan fingerprint density at radius 2 is 1.59 bits per heavy atom. The van der Waals surface area contributed by atoms with Gasteiger partial charge in [-0.1, -0.05) is 6.92 Å². The Labute approximate surface area is 106 Å². The molecule has 3 nitrogen and oxygen atoms in total. The quantitative estimate of drug-likeness (QED) is 0.794. The van der Waals surface area contributed by atoms with Crippen molar-refractivity contribution in [3.05, 3.63) is 0 Å². The standard InChI is InChI=1S/C14H27N3/c1-11-9-16(8-6-14(11)15-2)13-5-7-17(10-13)12-3-4-12/h11-15H,3-10H2,1-2H3. The van der Waals surface area contributed by atoms with E-state index >= 15 is 0 Å². The smallest absolute Gasteiger partial charge is 0.0235 e. The fourth-order valence-electron chi connectivity index (χ4n) is 3.78. The molecule has 2 aliphatic heterocycles. The molecule has 0 aromatic heterocycles. The van der Waals surface area contributed by atoms with Crippen LogP contribution in [0.15, 0.2) is 0 Å². The number of rotatable bonds is 3. The summed E-state index contributed by atoms with van der Waals surface area (Å²) in [4.78, 5) is 5.50. The van der Waals surface area contributed by atoms with Crippen LogP contribution >= 0.6 is 0 Å². The average molecular weight is 237 g/mol. The molecule has 1 saturated carbocycles. The summed E-state index contributed by atoms with van der Waals surface area (Å²) in [5.74, 6) is 0.809. The lowest BCUT2D eigenvalue weighted by Crippen LogP contribution is -2.51. The fourth-order valence-corrected chi connectivity index (χ4v) is 3.78. The Bertz CT molecular complexity index is 264. The van der Waals surface area contributed by atoms with Crippen LogP contribution in [0.2, 0.25) is 0 Å². The highest BCUT2D eigenvalue weighted by Gasteiger charge is 2.38. The molecule has 0 amide bonds. The second-order valence-electron chi connectivity index (χ2n) is 6.32. The second-order valence-corrected chi connectivity index (χ2v) is 6.32. The summed E-state index contributed by atoms with van der Waals surface area (Å²) in [6, 6.07) is 2.57. The first-order chi connectivity index (χ1) is 8.28. The average Bonchev–Trinajstić information content (AvgIpc) is 3.07. The third kappa shape index (κ3) is 2.51. The predicted molar refractivity (Wildman–Crippen MR) is 71.2 cm³/mol. The third-order valence-corrected chi connectivity index (χ3v) is 5.08. The summed E-state index contributed by atoms with van der Waals surface area (Å²) in [6.45, 7) is 7.71. The molecule has 1 N–H and O–H groups in total. The number of hydrogen-bond donors (Lipinski definition) is 1. The topological polar surface area (TPSA) is 18.5 Å². The van der Waals surface area contributed by atoms with Crippen molar-refractivity contribution >= 4 is 0 Å². The van der Waals surface area contributed by atoms with Crippen molar-refractivity contribution in [2.75, 3.05) is 33.2 Å². The van der Waals surface area contributed by atoms with Crippen LogP contribution in [-0.4, -0.2) is 61.2 Å². The zero-order chi connectivity index (χ0) is 11.8. The van der Waals surface area contributed by atoms with Crippen LogP contribution in [-0.2, 0) is 0 Å². The maximum atomic E-state index is 3.46. The maximum absolute atomic E-state index is 3.46. The summed E-state index contributed by atoms with van der Waals surface area (Å²) in [7, 11) is 2.11. The molecule has 0 radical (unpaired) electrons. The minimum Gasteiger partial charge on any atom is -0.317 e. The number of piperidine rings is 1. The second kappa shape index (κ2) is 4.87. The molecule has 0 aromatic rings. The lowest BCUT2D eigenvalue weighted by molar-refractivity contribution is 0.107. The Hall–Kier alpha value is -0.120. The van der Waals surface area contributed by atoms with Gasteiger partial charge in [-0.3, -0.25) is 9.80 Å². The van der Waals surface area contributed by atoms with Crippen LogP contribution in [0, 0.1) is 5.92 Å². The van der Waals surface area contributed by atoms with Gasteiger partial charge in [0.15, 0.2) is 0 Å². The summed E-state index contributed by atoms with van der Waals surface area (Å²) >= 11 is 0. The van der Waals surface area contributed by atoms with Crippen molar-refractivity contribution in [2.24, 2.45) is 5.92 Å². The van der Waals surface area contributed by atoms with Crippen molar-refractivity contribution in [2.45, 2.75) is 50.7 Å². The van der Waals surface area contributed by atoms with E-state index in [-0.39, 0.29) is 0 Å². The highest BCUT2D eigenvalue weighted by atomic mass is 15.3. The monoisotopic (exact) mass is 237 g/mol. The minimum absolute atomic E-state index is 0.743. The van der Waals surface area contributed by atoms with E-state index in [1.165, 1.54) is 51.9 Å². The first-order valence-corrected chi connectivity index (χ1v) is 7.43. The molecule has 98 valence electrons. The fraction of sp³-hybridized carbons (Fsp3) is 1.00. The first kappa shape index (κ1) is 11.9. The molecule has 3 fully saturated rings. The molecular weight excluding hydrogens is 210 g/mol. The SMILES string of the molecule is CNC1CCN(C2CCN(C3CC3)C2)CC1C. The van der Waals surface area contributed by atoms with E-state index in [9.17, 15) is 0 Å². The van der Waals surface area contributed by atoms with Gasteiger partial charge in [-0.15, -0.1) is 0 Å². The van der Waals surface area contributed by atoms with Crippen molar-refractivity contribution < 1.29 is 0 Å². The summed E-state index contributed by atoms with van der Waals surface area (Å²) in [6.07, 6.45) is 5.67. The molecule has 1 aliphatic carbocycles. The van der Waals surface area contributed by atoms with E-state index in [1.807, 2.05) is 0 Å². The number of nitrogens with zero attached hydrogens (tertiary/aromatic N) is 2. The summed E-state index contributed by atoms with van der Waals surface area (Å²) in [5.41, 5.74) is 0. The Morgan fingerprint density at radius 3 is 2.24 bits per heavy atom. The molecule has 0 bridgehead atoms. The van der Waals surface area contributed by atoms with Crippen molar-refractivity contribution in [1.82, 2.24) is 15.1 Å². The van der Waals surface area contributed by atoms with E-state index in [0.717, 1.165) is 24.0 Å². The lowest BCUT2D eigenvalue weighted by Gasteiger charge is -2.40. The first-order valence-electron chi connectivity index (χ1n) is 7.43. The normalized spacial score (nSPS) is 40.9. The predicted octanol–water partition coefficient (Wildman–Crippen LogP) is 1.15. The van der Waals surface area contributed by atoms with E-state index in [0.29, 0.717) is 0 Å². The molecule has 0 spiro atoms. The largest absolute Gasteiger partial charge is 0.317 e. The van der Waals surface area contributed by atoms with Crippen LogP contribution in [0.5, 0.6) is 0 Å². The van der Waals surface area contributed by atoms with Crippen molar-refractivity contribution in [1.29, 1.82) is 0 Å². The van der Waals surface area contributed by atoms with Crippen LogP contribution < -0.4 is 5.32 Å². The van der Waals surface area contributed by atoms with E-state index in [2.05, 4.69) is 29.1 Å². The van der Waals surface area contributed by atoms with Crippen molar-refractivity contribution in [3.63, 3.8) is 0 Å². The molecule has 2 saturated heterocycles. The van der Waals surface area contributed by atoms with E-state index < -0.39 is 0 Å². The molecule has 17 heavy (non-hydrogen) atoms. The Balaban J connectivity index is 1.52. The summed E-state index contributed by atoms with van der Waals surface area (Å²) in [5, 5.41) is 3.46. The minimum atomic E-state index is 0.743. The Kier molecular flexibility index (Phi) is 3.42. The van der Waals surface area contributed by atoms with Gasteiger partial charge >= 0.3 is 0 Å². The highest BCUT2D eigenvalue weighted by Crippen LogP contribution is 2.32. The van der Waals surface area contributed by atoms with Crippen LogP contribution in [0.25, 0.3) is 0 Å². The van der Waals surface area contributed by atoms with Crippen LogP contribution in [0.3, 0.4) is 0 Å². The van der Waals surface area contributed by atoms with Gasteiger partial charge in [0.1, 0.15) is 0 Å². The maximum Gasteiger partial charge on any atom is 0.0235 e. The number of likely N-dealkylation sites (tertiary alicyclic amines) is 2. The van der Waals surface area contributed by atoms with Gasteiger partial charge in [0.25, 0.3) is 0 Å². The number of nitrogens with one attached hydrogen (secondary N) is 1. The lowest BCUT2D eigenvalue weighted by atomic mass is 9.93. The zero-order valence-electron chi connectivity index (χ0n) is 11.4. The third-order valence-electron chi connectivity index (χ3n) is 5.08. The van der Waals surface area contributed by atoms with Crippen molar-refractivity contribution in [3.8, 4) is 0 Å². The van der Waals surface area contributed by atoms with Gasteiger partial charge in [-0.25, -0.2) is 0 Å². The van der Waals surface area contributed by atoms with Gasteiger partial charge in [0, 0.05) is 37.8 Å². The highest BCUT2D eigenvalue weighted by molar-refractivity contribution is 4.94. The molecular formula is C14H27N3. The van der Waals surface area contributed by atoms with Gasteiger partial charge in [0.2, 0.25) is 0 Å². The van der Waals surface area contributed by atoms with Crippen LogP contribution in [0.1, 0.15) is 32.6 Å². The molecule has 0 aromatic carbocycles. The zero-order valence-corrected chi connectivity index (χ0v) is 11.4. The Morgan fingerprint density at radius 1 is 0.882 bits per heavy atom. The molecule has 3 heteroatoms. The summed E-state index contributed by atoms with van der Waals surface area (Å²) < 4.78 is 0. The van der Waals surface area contributed by atoms with Gasteiger partial charge in [-0.05, 0) is 45.2 Å². The molecule has 3 rings (SSSR count). The van der Waals surface area contributed by atoms with Gasteiger partial charge < -0.3 is 5.32 Å². The molecule has 3 atom stereocenters.